The number of hydrogen-bond donors (Lipinski definition) is 2. The van der Waals surface area contributed by atoms with Crippen molar-refractivity contribution in [1.82, 2.24) is 20.4 Å². The second kappa shape index (κ2) is 9.90. The fraction of sp³-hybridized carbons (Fsp3) is 0.353. The quantitative estimate of drug-likeness (QED) is 0.511. The molecule has 0 atom stereocenters. The molecule has 0 unspecified atom stereocenters. The van der Waals surface area contributed by atoms with Crippen LogP contribution < -0.4 is 16.4 Å². The minimum atomic E-state index is -0.869. The zero-order valence-corrected chi connectivity index (χ0v) is 14.8. The Morgan fingerprint density at radius 2 is 1.96 bits per heavy atom. The molecule has 0 radical (unpaired) electrons. The number of nitrogens with one attached hydrogen (secondary N) is 2. The fourth-order valence-corrected chi connectivity index (χ4v) is 2.00. The molecule has 10 nitrogen and oxygen atoms in total. The van der Waals surface area contributed by atoms with Crippen molar-refractivity contribution in [1.29, 1.82) is 0 Å². The number of urea groups is 1. The van der Waals surface area contributed by atoms with E-state index in [-0.39, 0.29) is 5.89 Å². The molecule has 0 fully saturated rings. The first kappa shape index (κ1) is 19.9. The van der Waals surface area contributed by atoms with Gasteiger partial charge in [0.15, 0.2) is 6.61 Å². The summed E-state index contributed by atoms with van der Waals surface area (Å²) in [4.78, 5) is 46.5. The summed E-state index contributed by atoms with van der Waals surface area (Å²) in [5.74, 6) is -2.41. The molecule has 0 bridgehead atoms. The van der Waals surface area contributed by atoms with E-state index in [2.05, 4.69) is 10.4 Å². The van der Waals surface area contributed by atoms with E-state index < -0.39 is 36.8 Å². The van der Waals surface area contributed by atoms with Gasteiger partial charge in [-0.3, -0.25) is 14.9 Å². The lowest BCUT2D eigenvalue weighted by Gasteiger charge is -2.06. The van der Waals surface area contributed by atoms with Crippen molar-refractivity contribution in [3.63, 3.8) is 0 Å². The maximum absolute atomic E-state index is 11.8. The Bertz CT molecular complexity index is 843. The standard InChI is InChI=1S/C17H20N4O6/c1-2-3-9-18-16(24)19-13(22)11-26-14(23)10-21-17(25)27-15(20-21)12-7-5-4-6-8-12/h4-8H,2-3,9-11H2,1H3,(H2,18,19,22,24). The predicted octanol–water partition coefficient (Wildman–Crippen LogP) is 0.672. The zero-order chi connectivity index (χ0) is 19.6. The summed E-state index contributed by atoms with van der Waals surface area (Å²) in [7, 11) is 0. The van der Waals surface area contributed by atoms with Crippen LogP contribution in [0, 0.1) is 0 Å². The first-order chi connectivity index (χ1) is 13.0. The van der Waals surface area contributed by atoms with E-state index >= 15 is 0 Å². The van der Waals surface area contributed by atoms with Crippen LogP contribution in [0.1, 0.15) is 19.8 Å². The Hall–Kier alpha value is -3.43. The minimum Gasteiger partial charge on any atom is -0.454 e. The highest BCUT2D eigenvalue weighted by Gasteiger charge is 2.15. The topological polar surface area (TPSA) is 133 Å². The number of benzene rings is 1. The molecule has 0 saturated heterocycles. The summed E-state index contributed by atoms with van der Waals surface area (Å²) >= 11 is 0. The molecule has 0 aliphatic carbocycles. The number of amides is 3. The zero-order valence-electron chi connectivity index (χ0n) is 14.8. The van der Waals surface area contributed by atoms with Crippen LogP contribution in [0.5, 0.6) is 0 Å². The molecule has 144 valence electrons. The average Bonchev–Trinajstić information content (AvgIpc) is 3.01. The first-order valence-corrected chi connectivity index (χ1v) is 8.36. The van der Waals surface area contributed by atoms with E-state index in [0.717, 1.165) is 17.5 Å². The van der Waals surface area contributed by atoms with Crippen LogP contribution in [0.3, 0.4) is 0 Å². The van der Waals surface area contributed by atoms with Gasteiger partial charge in [-0.1, -0.05) is 31.5 Å². The van der Waals surface area contributed by atoms with Crippen LogP contribution in [0.4, 0.5) is 4.79 Å². The maximum atomic E-state index is 11.8. The molecule has 0 aliphatic rings. The van der Waals surface area contributed by atoms with Gasteiger partial charge in [0.25, 0.3) is 5.91 Å². The van der Waals surface area contributed by atoms with Crippen molar-refractivity contribution in [3.8, 4) is 11.5 Å². The lowest BCUT2D eigenvalue weighted by molar-refractivity contribution is -0.149. The van der Waals surface area contributed by atoms with Gasteiger partial charge < -0.3 is 14.5 Å². The highest BCUT2D eigenvalue weighted by atomic mass is 16.5. The number of carbonyl (C=O) groups is 3. The van der Waals surface area contributed by atoms with E-state index in [0.29, 0.717) is 12.1 Å². The van der Waals surface area contributed by atoms with Crippen molar-refractivity contribution < 1.29 is 23.5 Å². The van der Waals surface area contributed by atoms with Gasteiger partial charge in [0.05, 0.1) is 0 Å². The van der Waals surface area contributed by atoms with Crippen molar-refractivity contribution >= 4 is 17.9 Å². The molecule has 3 amide bonds. The largest absolute Gasteiger partial charge is 0.454 e. The molecule has 0 aliphatic heterocycles. The number of hydrogen-bond acceptors (Lipinski definition) is 7. The third kappa shape index (κ3) is 6.42. The molecule has 27 heavy (non-hydrogen) atoms. The Balaban J connectivity index is 1.81. The normalized spacial score (nSPS) is 10.3. The van der Waals surface area contributed by atoms with Crippen molar-refractivity contribution in [2.24, 2.45) is 0 Å². The lowest BCUT2D eigenvalue weighted by atomic mass is 10.2. The number of rotatable bonds is 8. The van der Waals surface area contributed by atoms with E-state index in [9.17, 15) is 19.2 Å². The van der Waals surface area contributed by atoms with Crippen molar-refractivity contribution in [2.75, 3.05) is 13.2 Å². The molecule has 1 heterocycles. The lowest BCUT2D eigenvalue weighted by Crippen LogP contribution is -2.42. The minimum absolute atomic E-state index is 0.0647. The molecule has 10 heteroatoms. The molecule has 0 saturated carbocycles. The third-order valence-corrected chi connectivity index (χ3v) is 3.34. The second-order valence-electron chi connectivity index (χ2n) is 5.52. The summed E-state index contributed by atoms with van der Waals surface area (Å²) in [6.07, 6.45) is 1.69. The van der Waals surface area contributed by atoms with Crippen LogP contribution >= 0.6 is 0 Å². The van der Waals surface area contributed by atoms with Gasteiger partial charge in [-0.05, 0) is 18.6 Å². The Kier molecular flexibility index (Phi) is 7.29. The monoisotopic (exact) mass is 376 g/mol. The number of ether oxygens (including phenoxy) is 1. The average molecular weight is 376 g/mol. The Morgan fingerprint density at radius 3 is 2.67 bits per heavy atom. The molecule has 2 aromatic rings. The van der Waals surface area contributed by atoms with Gasteiger partial charge in [-0.2, -0.15) is 4.68 Å². The Morgan fingerprint density at radius 1 is 1.22 bits per heavy atom. The maximum Gasteiger partial charge on any atom is 0.437 e. The summed E-state index contributed by atoms with van der Waals surface area (Å²) in [6, 6.07) is 8.03. The SMILES string of the molecule is CCCCNC(=O)NC(=O)COC(=O)Cn1nc(-c2ccccc2)oc1=O. The summed E-state index contributed by atoms with van der Waals surface area (Å²) in [6.45, 7) is 1.23. The van der Waals surface area contributed by atoms with E-state index in [1.165, 1.54) is 0 Å². The number of nitrogens with zero attached hydrogens (tertiary/aromatic N) is 2. The molecular weight excluding hydrogens is 356 g/mol. The number of unbranched alkanes of at least 4 members (excludes halogenated alkanes) is 1. The predicted molar refractivity (Wildman–Crippen MR) is 93.6 cm³/mol. The van der Waals surface area contributed by atoms with Crippen LogP contribution in [-0.2, 0) is 20.9 Å². The first-order valence-electron chi connectivity index (χ1n) is 8.36. The van der Waals surface area contributed by atoms with Crippen LogP contribution in [0.15, 0.2) is 39.5 Å². The highest BCUT2D eigenvalue weighted by molar-refractivity contribution is 5.95. The van der Waals surface area contributed by atoms with E-state index in [1.807, 2.05) is 12.2 Å². The van der Waals surface area contributed by atoms with Gasteiger partial charge in [-0.25, -0.2) is 9.59 Å². The van der Waals surface area contributed by atoms with Gasteiger partial charge in [0.1, 0.15) is 6.54 Å². The second-order valence-corrected chi connectivity index (χ2v) is 5.52. The third-order valence-electron chi connectivity index (χ3n) is 3.34. The summed E-state index contributed by atoms with van der Waals surface area (Å²) in [5, 5.41) is 8.42. The summed E-state index contributed by atoms with van der Waals surface area (Å²) in [5.41, 5.74) is 0.579. The number of carbonyl (C=O) groups excluding carboxylic acids is 3. The van der Waals surface area contributed by atoms with Gasteiger partial charge in [0.2, 0.25) is 5.89 Å². The number of esters is 1. The van der Waals surface area contributed by atoms with Gasteiger partial charge >= 0.3 is 17.8 Å². The molecular formula is C17H20N4O6. The van der Waals surface area contributed by atoms with Crippen molar-refractivity contribution in [2.45, 2.75) is 26.3 Å². The molecule has 1 aromatic carbocycles. The molecule has 2 N–H and O–H groups in total. The molecule has 2 rings (SSSR count). The Labute approximate surface area is 154 Å². The number of imide groups is 1. The van der Waals surface area contributed by atoms with E-state index in [1.54, 1.807) is 30.3 Å². The van der Waals surface area contributed by atoms with Gasteiger partial charge in [-0.15, -0.1) is 5.10 Å². The molecule has 0 spiro atoms. The van der Waals surface area contributed by atoms with E-state index in [4.69, 9.17) is 9.15 Å². The smallest absolute Gasteiger partial charge is 0.437 e. The van der Waals surface area contributed by atoms with Crippen LogP contribution in [0.25, 0.3) is 11.5 Å². The van der Waals surface area contributed by atoms with Crippen LogP contribution in [0.2, 0.25) is 0 Å². The van der Waals surface area contributed by atoms with Crippen molar-refractivity contribution in [3.05, 3.63) is 40.9 Å². The van der Waals surface area contributed by atoms with Crippen LogP contribution in [-0.4, -0.2) is 40.8 Å². The fourth-order valence-electron chi connectivity index (χ4n) is 2.00. The number of aromatic nitrogens is 2. The van der Waals surface area contributed by atoms with Gasteiger partial charge in [0, 0.05) is 12.1 Å². The summed E-state index contributed by atoms with van der Waals surface area (Å²) < 4.78 is 10.5. The molecule has 1 aromatic heterocycles. The highest BCUT2D eigenvalue weighted by Crippen LogP contribution is 2.13.